The third-order valence-electron chi connectivity index (χ3n) is 1.62. The van der Waals surface area contributed by atoms with Gasteiger partial charge in [-0.25, -0.2) is 0 Å². The lowest BCUT2D eigenvalue weighted by atomic mass is 10.2. The van der Waals surface area contributed by atoms with E-state index in [2.05, 4.69) is 0 Å². The Kier molecular flexibility index (Phi) is 3.37. The summed E-state index contributed by atoms with van der Waals surface area (Å²) in [4.78, 5) is 0.879. The monoisotopic (exact) mass is 220 g/mol. The van der Waals surface area contributed by atoms with Crippen molar-refractivity contribution in [1.82, 2.24) is 0 Å². The van der Waals surface area contributed by atoms with Crippen molar-refractivity contribution in [2.24, 2.45) is 0 Å². The Bertz CT molecular complexity index is 333. The molecule has 0 nitrogen and oxygen atoms in total. The van der Waals surface area contributed by atoms with Crippen molar-refractivity contribution in [3.63, 3.8) is 0 Å². The fraction of sp³-hybridized carbons (Fsp3) is 0.400. The summed E-state index contributed by atoms with van der Waals surface area (Å²) < 4.78 is 35.9. The Morgan fingerprint density at radius 1 is 1.50 bits per heavy atom. The number of hydrogen-bond acceptors (Lipinski definition) is 1. The number of alkyl halides is 3. The van der Waals surface area contributed by atoms with E-state index in [0.29, 0.717) is 5.57 Å². The van der Waals surface area contributed by atoms with Crippen LogP contribution in [0.3, 0.4) is 0 Å². The van der Waals surface area contributed by atoms with E-state index < -0.39 is 12.6 Å². The van der Waals surface area contributed by atoms with Crippen LogP contribution in [0.15, 0.2) is 17.0 Å². The zero-order valence-corrected chi connectivity index (χ0v) is 8.80. The van der Waals surface area contributed by atoms with E-state index >= 15 is 0 Å². The Hall–Kier alpha value is -0.770. The quantitative estimate of drug-likeness (QED) is 0.692. The van der Waals surface area contributed by atoms with E-state index in [0.717, 1.165) is 10.4 Å². The second-order valence-corrected chi connectivity index (χ2v) is 4.25. The van der Waals surface area contributed by atoms with Crippen molar-refractivity contribution < 1.29 is 13.2 Å². The first-order chi connectivity index (χ1) is 6.37. The average Bonchev–Trinajstić information content (AvgIpc) is 2.30. The summed E-state index contributed by atoms with van der Waals surface area (Å²) in [7, 11) is 0. The van der Waals surface area contributed by atoms with E-state index in [1.807, 2.05) is 18.4 Å². The van der Waals surface area contributed by atoms with Gasteiger partial charge in [-0.15, -0.1) is 11.3 Å². The summed E-state index contributed by atoms with van der Waals surface area (Å²) in [6, 6.07) is 1.88. The van der Waals surface area contributed by atoms with Crippen LogP contribution < -0.4 is 0 Å². The molecule has 0 spiro atoms. The SMILES string of the molecule is CC(=Cc1cc(C)cs1)CC(F)(F)F. The van der Waals surface area contributed by atoms with Crippen LogP contribution in [-0.4, -0.2) is 6.18 Å². The molecule has 0 aliphatic rings. The fourth-order valence-corrected chi connectivity index (χ4v) is 2.05. The molecule has 78 valence electrons. The molecule has 1 aromatic heterocycles. The lowest BCUT2D eigenvalue weighted by Crippen LogP contribution is -2.06. The zero-order valence-electron chi connectivity index (χ0n) is 7.98. The first kappa shape index (κ1) is 11.3. The number of halogens is 3. The first-order valence-corrected chi connectivity index (χ1v) is 5.04. The van der Waals surface area contributed by atoms with Gasteiger partial charge in [-0.3, -0.25) is 0 Å². The van der Waals surface area contributed by atoms with Gasteiger partial charge in [0.25, 0.3) is 0 Å². The zero-order chi connectivity index (χ0) is 10.8. The van der Waals surface area contributed by atoms with Crippen molar-refractivity contribution in [2.45, 2.75) is 26.4 Å². The van der Waals surface area contributed by atoms with Gasteiger partial charge in [0.15, 0.2) is 0 Å². The topological polar surface area (TPSA) is 0 Å². The third kappa shape index (κ3) is 3.96. The van der Waals surface area contributed by atoms with Gasteiger partial charge in [-0.1, -0.05) is 5.57 Å². The van der Waals surface area contributed by atoms with Gasteiger partial charge in [-0.05, 0) is 36.9 Å². The normalized spacial score (nSPS) is 13.4. The summed E-state index contributed by atoms with van der Waals surface area (Å²) in [6.07, 6.45) is -3.35. The van der Waals surface area contributed by atoms with Crippen LogP contribution in [0, 0.1) is 6.92 Å². The van der Waals surface area contributed by atoms with Gasteiger partial charge in [0.1, 0.15) is 0 Å². The molecule has 0 bridgehead atoms. The molecule has 0 aromatic carbocycles. The highest BCUT2D eigenvalue weighted by Crippen LogP contribution is 2.26. The Balaban J connectivity index is 2.69. The van der Waals surface area contributed by atoms with E-state index in [4.69, 9.17) is 0 Å². The molecule has 0 saturated heterocycles. The van der Waals surface area contributed by atoms with Crippen LogP contribution in [0.4, 0.5) is 13.2 Å². The minimum absolute atomic E-state index is 0.347. The van der Waals surface area contributed by atoms with Gasteiger partial charge >= 0.3 is 6.18 Å². The van der Waals surface area contributed by atoms with Crippen LogP contribution in [0.25, 0.3) is 6.08 Å². The highest BCUT2D eigenvalue weighted by molar-refractivity contribution is 7.11. The highest BCUT2D eigenvalue weighted by atomic mass is 32.1. The molecule has 0 aliphatic heterocycles. The predicted molar refractivity (Wildman–Crippen MR) is 53.4 cm³/mol. The van der Waals surface area contributed by atoms with E-state index in [-0.39, 0.29) is 0 Å². The minimum Gasteiger partial charge on any atom is -0.171 e. The molecule has 0 fully saturated rings. The summed E-state index contributed by atoms with van der Waals surface area (Å²) in [5, 5.41) is 1.92. The summed E-state index contributed by atoms with van der Waals surface area (Å²) in [5.41, 5.74) is 1.43. The molecule has 4 heteroatoms. The number of rotatable bonds is 2. The fourth-order valence-electron chi connectivity index (χ4n) is 1.14. The maximum atomic E-state index is 12.0. The van der Waals surface area contributed by atoms with Gasteiger partial charge in [0.2, 0.25) is 0 Å². The van der Waals surface area contributed by atoms with Crippen LogP contribution in [0.5, 0.6) is 0 Å². The van der Waals surface area contributed by atoms with Crippen molar-refractivity contribution in [1.29, 1.82) is 0 Å². The Labute approximate surface area is 85.1 Å². The van der Waals surface area contributed by atoms with Crippen molar-refractivity contribution in [2.75, 3.05) is 0 Å². The van der Waals surface area contributed by atoms with Gasteiger partial charge in [-0.2, -0.15) is 13.2 Å². The molecule has 0 atom stereocenters. The van der Waals surface area contributed by atoms with Gasteiger partial charge < -0.3 is 0 Å². The molecule has 14 heavy (non-hydrogen) atoms. The molecule has 0 amide bonds. The number of aryl methyl sites for hydroxylation is 1. The number of thiophene rings is 1. The smallest absolute Gasteiger partial charge is 0.171 e. The molecule has 1 aromatic rings. The van der Waals surface area contributed by atoms with Gasteiger partial charge in [0.05, 0.1) is 6.42 Å². The van der Waals surface area contributed by atoms with Crippen LogP contribution in [0.2, 0.25) is 0 Å². The second kappa shape index (κ2) is 4.17. The average molecular weight is 220 g/mol. The van der Waals surface area contributed by atoms with Crippen LogP contribution >= 0.6 is 11.3 Å². The second-order valence-electron chi connectivity index (χ2n) is 3.31. The Morgan fingerprint density at radius 3 is 2.57 bits per heavy atom. The first-order valence-electron chi connectivity index (χ1n) is 4.16. The van der Waals surface area contributed by atoms with E-state index in [1.165, 1.54) is 18.3 Å². The van der Waals surface area contributed by atoms with Crippen molar-refractivity contribution in [3.8, 4) is 0 Å². The maximum Gasteiger partial charge on any atom is 0.392 e. The van der Waals surface area contributed by atoms with Crippen molar-refractivity contribution >= 4 is 17.4 Å². The summed E-state index contributed by atoms with van der Waals surface area (Å²) in [5.74, 6) is 0. The highest BCUT2D eigenvalue weighted by Gasteiger charge is 2.27. The lowest BCUT2D eigenvalue weighted by molar-refractivity contribution is -0.126. The standard InChI is InChI=1S/C10H11F3S/c1-7(5-10(11,12)13)3-9-4-8(2)6-14-9/h3-4,6H,5H2,1-2H3. The molecular formula is C10H11F3S. The molecule has 0 unspecified atom stereocenters. The van der Waals surface area contributed by atoms with E-state index in [1.54, 1.807) is 6.08 Å². The van der Waals surface area contributed by atoms with Gasteiger partial charge in [0, 0.05) is 4.88 Å². The predicted octanol–water partition coefficient (Wildman–Crippen LogP) is 4.41. The molecule has 0 saturated carbocycles. The molecular weight excluding hydrogens is 209 g/mol. The molecule has 1 heterocycles. The summed E-state index contributed by atoms with van der Waals surface area (Å²) >= 11 is 1.46. The number of hydrogen-bond donors (Lipinski definition) is 0. The molecule has 1 rings (SSSR count). The number of allylic oxidation sites excluding steroid dienone is 1. The summed E-state index contributed by atoms with van der Waals surface area (Å²) in [6.45, 7) is 3.43. The van der Waals surface area contributed by atoms with Crippen molar-refractivity contribution in [3.05, 3.63) is 27.5 Å². The molecule has 0 N–H and O–H groups in total. The minimum atomic E-state index is -4.10. The Morgan fingerprint density at radius 2 is 2.14 bits per heavy atom. The molecule has 0 radical (unpaired) electrons. The van der Waals surface area contributed by atoms with Crippen LogP contribution in [0.1, 0.15) is 23.8 Å². The lowest BCUT2D eigenvalue weighted by Gasteiger charge is -2.05. The van der Waals surface area contributed by atoms with E-state index in [9.17, 15) is 13.2 Å². The molecule has 0 aliphatic carbocycles. The largest absolute Gasteiger partial charge is 0.392 e. The third-order valence-corrected chi connectivity index (χ3v) is 2.62. The maximum absolute atomic E-state index is 12.0. The van der Waals surface area contributed by atoms with Crippen LogP contribution in [-0.2, 0) is 0 Å².